The van der Waals surface area contributed by atoms with Gasteiger partial charge in [-0.1, -0.05) is 44.0 Å². The zero-order valence-electron chi connectivity index (χ0n) is 11.3. The minimum Gasteiger partial charge on any atom is -0.299 e. The van der Waals surface area contributed by atoms with E-state index in [2.05, 4.69) is 20.4 Å². The first kappa shape index (κ1) is 14.8. The number of hydrogen-bond donors (Lipinski definition) is 2. The molecular formula is C13H14Cl2N4O. The van der Waals surface area contributed by atoms with Crippen molar-refractivity contribution in [2.24, 2.45) is 10.2 Å². The predicted molar refractivity (Wildman–Crippen MR) is 80.8 cm³/mol. The lowest BCUT2D eigenvalue weighted by Gasteiger charge is -2.15. The van der Waals surface area contributed by atoms with Gasteiger partial charge in [-0.25, -0.2) is 0 Å². The fourth-order valence-corrected chi connectivity index (χ4v) is 2.10. The largest absolute Gasteiger partial charge is 0.299 e. The molecule has 0 saturated carbocycles. The topological polar surface area (TPSA) is 73.4 Å². The molecule has 2 N–H and O–H groups in total. The zero-order valence-corrected chi connectivity index (χ0v) is 12.8. The predicted octanol–water partition coefficient (Wildman–Crippen LogP) is 4.72. The molecule has 106 valence electrons. The van der Waals surface area contributed by atoms with E-state index in [-0.39, 0.29) is 16.7 Å². The number of nitrogens with zero attached hydrogens (tertiary/aromatic N) is 2. The van der Waals surface area contributed by atoms with Gasteiger partial charge < -0.3 is 0 Å². The van der Waals surface area contributed by atoms with Gasteiger partial charge in [-0.15, -0.1) is 10.2 Å². The Morgan fingerprint density at radius 2 is 1.80 bits per heavy atom. The SMILES string of the molecule is CC(C)(C)c1[nH][nH]c(=O)c1N=Nc1ccc(Cl)cc1Cl. The van der Waals surface area contributed by atoms with Crippen LogP contribution in [0.2, 0.25) is 10.0 Å². The lowest BCUT2D eigenvalue weighted by Crippen LogP contribution is -2.12. The first-order valence-electron chi connectivity index (χ1n) is 5.97. The standard InChI is InChI=1S/C13H14Cl2N4O/c1-13(2,3)11-10(12(20)19-18-11)17-16-9-5-4-7(14)6-8(9)15/h4-6H,1-3H3,(H2,18,19,20). The van der Waals surface area contributed by atoms with Crippen molar-refractivity contribution < 1.29 is 0 Å². The number of H-pyrrole nitrogens is 2. The fraction of sp³-hybridized carbons (Fsp3) is 0.308. The summed E-state index contributed by atoms with van der Waals surface area (Å²) in [6.45, 7) is 5.92. The number of azo groups is 1. The van der Waals surface area contributed by atoms with Crippen molar-refractivity contribution in [1.29, 1.82) is 0 Å². The van der Waals surface area contributed by atoms with Crippen molar-refractivity contribution in [3.8, 4) is 0 Å². The van der Waals surface area contributed by atoms with E-state index in [9.17, 15) is 4.79 Å². The number of rotatable bonds is 2. The van der Waals surface area contributed by atoms with Crippen molar-refractivity contribution >= 4 is 34.6 Å². The monoisotopic (exact) mass is 312 g/mol. The zero-order chi connectivity index (χ0) is 14.9. The summed E-state index contributed by atoms with van der Waals surface area (Å²) in [5, 5.41) is 14.3. The lowest BCUT2D eigenvalue weighted by molar-refractivity contribution is 0.567. The Morgan fingerprint density at radius 3 is 2.40 bits per heavy atom. The third-order valence-corrected chi connectivity index (χ3v) is 3.21. The van der Waals surface area contributed by atoms with Gasteiger partial charge in [0, 0.05) is 10.4 Å². The molecule has 0 aliphatic rings. The van der Waals surface area contributed by atoms with E-state index in [0.717, 1.165) is 0 Å². The van der Waals surface area contributed by atoms with Gasteiger partial charge in [-0.2, -0.15) is 0 Å². The summed E-state index contributed by atoms with van der Waals surface area (Å²) >= 11 is 11.8. The third-order valence-electron chi connectivity index (χ3n) is 2.67. The Hall–Kier alpha value is -1.59. The van der Waals surface area contributed by atoms with E-state index in [0.29, 0.717) is 21.4 Å². The van der Waals surface area contributed by atoms with Gasteiger partial charge in [0.2, 0.25) is 0 Å². The first-order chi connectivity index (χ1) is 9.29. The van der Waals surface area contributed by atoms with Crippen LogP contribution in [0.25, 0.3) is 0 Å². The highest BCUT2D eigenvalue weighted by Crippen LogP contribution is 2.31. The Morgan fingerprint density at radius 1 is 1.10 bits per heavy atom. The summed E-state index contributed by atoms with van der Waals surface area (Å²) in [5.41, 5.74) is 0.831. The van der Waals surface area contributed by atoms with Crippen molar-refractivity contribution in [2.75, 3.05) is 0 Å². The average molecular weight is 313 g/mol. The van der Waals surface area contributed by atoms with E-state index in [4.69, 9.17) is 23.2 Å². The minimum atomic E-state index is -0.316. The van der Waals surface area contributed by atoms with Crippen LogP contribution in [0, 0.1) is 0 Å². The fourth-order valence-electron chi connectivity index (χ4n) is 1.66. The summed E-state index contributed by atoms with van der Waals surface area (Å²) in [6, 6.07) is 4.88. The Labute approximate surface area is 126 Å². The summed E-state index contributed by atoms with van der Waals surface area (Å²) < 4.78 is 0. The van der Waals surface area contributed by atoms with Crippen LogP contribution < -0.4 is 5.56 Å². The normalized spacial score (nSPS) is 12.2. The van der Waals surface area contributed by atoms with Gasteiger partial charge in [0.1, 0.15) is 5.69 Å². The van der Waals surface area contributed by atoms with Crippen molar-refractivity contribution in [3.05, 3.63) is 44.3 Å². The molecule has 1 heterocycles. The number of aromatic nitrogens is 2. The maximum Gasteiger partial charge on any atom is 0.292 e. The van der Waals surface area contributed by atoms with E-state index in [1.54, 1.807) is 18.2 Å². The smallest absolute Gasteiger partial charge is 0.292 e. The third kappa shape index (κ3) is 3.11. The Balaban J connectivity index is 2.42. The van der Waals surface area contributed by atoms with Gasteiger partial charge in [0.15, 0.2) is 5.69 Å². The number of benzene rings is 1. The second-order valence-corrected chi connectivity index (χ2v) is 6.19. The molecule has 0 radical (unpaired) electrons. The molecule has 0 unspecified atom stereocenters. The van der Waals surface area contributed by atoms with Crippen LogP contribution in [0.1, 0.15) is 26.5 Å². The van der Waals surface area contributed by atoms with Crippen LogP contribution in [0.3, 0.4) is 0 Å². The molecule has 1 aromatic heterocycles. The second-order valence-electron chi connectivity index (χ2n) is 5.35. The van der Waals surface area contributed by atoms with Crippen LogP contribution in [-0.2, 0) is 5.41 Å². The average Bonchev–Trinajstić information content (AvgIpc) is 2.69. The molecule has 0 fully saturated rings. The van der Waals surface area contributed by atoms with E-state index < -0.39 is 0 Å². The highest BCUT2D eigenvalue weighted by molar-refractivity contribution is 6.36. The summed E-state index contributed by atoms with van der Waals surface area (Å²) in [4.78, 5) is 11.8. The molecule has 2 aromatic rings. The van der Waals surface area contributed by atoms with Crippen molar-refractivity contribution in [3.63, 3.8) is 0 Å². The molecule has 20 heavy (non-hydrogen) atoms. The van der Waals surface area contributed by atoms with Crippen LogP contribution in [0.15, 0.2) is 33.2 Å². The van der Waals surface area contributed by atoms with Crippen LogP contribution in [0.4, 0.5) is 11.4 Å². The number of halogens is 2. The Bertz CT molecular complexity index is 710. The first-order valence-corrected chi connectivity index (χ1v) is 6.72. The molecule has 0 amide bonds. The molecule has 1 aromatic carbocycles. The highest BCUT2D eigenvalue weighted by Gasteiger charge is 2.22. The van der Waals surface area contributed by atoms with Crippen molar-refractivity contribution in [2.45, 2.75) is 26.2 Å². The molecule has 2 rings (SSSR count). The molecule has 0 atom stereocenters. The number of aromatic amines is 2. The van der Waals surface area contributed by atoms with E-state index in [1.165, 1.54) is 0 Å². The van der Waals surface area contributed by atoms with E-state index >= 15 is 0 Å². The lowest BCUT2D eigenvalue weighted by atomic mass is 9.91. The Kier molecular flexibility index (Phi) is 4.01. The molecule has 7 heteroatoms. The quantitative estimate of drug-likeness (QED) is 0.773. The van der Waals surface area contributed by atoms with Gasteiger partial charge in [-0.3, -0.25) is 15.0 Å². The second kappa shape index (κ2) is 5.42. The van der Waals surface area contributed by atoms with Gasteiger partial charge in [0.25, 0.3) is 5.56 Å². The summed E-state index contributed by atoms with van der Waals surface area (Å²) in [7, 11) is 0. The maximum atomic E-state index is 11.8. The summed E-state index contributed by atoms with van der Waals surface area (Å²) in [5.74, 6) is 0. The minimum absolute atomic E-state index is 0.253. The number of hydrogen-bond acceptors (Lipinski definition) is 3. The molecule has 0 aliphatic heterocycles. The van der Waals surface area contributed by atoms with Gasteiger partial charge >= 0.3 is 0 Å². The molecule has 0 spiro atoms. The van der Waals surface area contributed by atoms with Crippen LogP contribution in [0.5, 0.6) is 0 Å². The van der Waals surface area contributed by atoms with Gasteiger partial charge in [0.05, 0.1) is 10.7 Å². The van der Waals surface area contributed by atoms with Crippen LogP contribution in [-0.4, -0.2) is 10.2 Å². The van der Waals surface area contributed by atoms with Gasteiger partial charge in [-0.05, 0) is 18.2 Å². The molecular weight excluding hydrogens is 299 g/mol. The molecule has 5 nitrogen and oxygen atoms in total. The summed E-state index contributed by atoms with van der Waals surface area (Å²) in [6.07, 6.45) is 0. The van der Waals surface area contributed by atoms with E-state index in [1.807, 2.05) is 20.8 Å². The maximum absolute atomic E-state index is 11.8. The molecule has 0 saturated heterocycles. The molecule has 0 aliphatic carbocycles. The highest BCUT2D eigenvalue weighted by atomic mass is 35.5. The molecule has 0 bridgehead atoms. The van der Waals surface area contributed by atoms with Crippen LogP contribution >= 0.6 is 23.2 Å². The number of nitrogens with one attached hydrogen (secondary N) is 2. The van der Waals surface area contributed by atoms with Crippen molar-refractivity contribution in [1.82, 2.24) is 10.2 Å².